The van der Waals surface area contributed by atoms with Crippen LogP contribution >= 0.6 is 0 Å². The van der Waals surface area contributed by atoms with Crippen LogP contribution in [0.1, 0.15) is 82.4 Å². The molecule has 2 fully saturated rings. The van der Waals surface area contributed by atoms with Crippen LogP contribution in [0.25, 0.3) is 0 Å². The van der Waals surface area contributed by atoms with Crippen LogP contribution in [-0.2, 0) is 28.7 Å². The summed E-state index contributed by atoms with van der Waals surface area (Å²) < 4.78 is 44.9. The van der Waals surface area contributed by atoms with Gasteiger partial charge in [0.05, 0.1) is 17.1 Å². The molecule has 204 valence electrons. The van der Waals surface area contributed by atoms with Crippen LogP contribution in [0.2, 0.25) is 0 Å². The van der Waals surface area contributed by atoms with Gasteiger partial charge < -0.3 is 20.1 Å². The van der Waals surface area contributed by atoms with E-state index in [1.54, 1.807) is 12.0 Å². The molecule has 0 spiro atoms. The van der Waals surface area contributed by atoms with Crippen molar-refractivity contribution in [3.8, 4) is 0 Å². The monoisotopic (exact) mass is 512 g/mol. The summed E-state index contributed by atoms with van der Waals surface area (Å²) in [5, 5.41) is 14.9. The molecule has 4 atom stereocenters. The van der Waals surface area contributed by atoms with Gasteiger partial charge in [0.15, 0.2) is 0 Å². The summed E-state index contributed by atoms with van der Waals surface area (Å²) >= 11 is 0. The summed E-state index contributed by atoms with van der Waals surface area (Å²) in [5.41, 5.74) is -0.135. The Morgan fingerprint density at radius 1 is 1.25 bits per heavy atom. The molecule has 0 saturated heterocycles. The Labute approximate surface area is 213 Å². The summed E-state index contributed by atoms with van der Waals surface area (Å²) in [6.07, 6.45) is 1.02. The van der Waals surface area contributed by atoms with E-state index in [0.717, 1.165) is 37.3 Å². The molecule has 4 unspecified atom stereocenters. The third-order valence-electron chi connectivity index (χ3n) is 7.98. The number of hydrogen-bond donors (Lipinski definition) is 2. The van der Waals surface area contributed by atoms with E-state index in [1.165, 1.54) is 12.1 Å². The highest BCUT2D eigenvalue weighted by atomic mass is 19.4. The van der Waals surface area contributed by atoms with E-state index in [1.807, 2.05) is 13.8 Å². The van der Waals surface area contributed by atoms with Crippen LogP contribution in [0.4, 0.5) is 13.2 Å². The van der Waals surface area contributed by atoms with E-state index in [-0.39, 0.29) is 24.5 Å². The molecule has 1 aliphatic heterocycles. The SMILES string of the molecule is CC.COCCC(C)NC1CCC(C(=O)N2CCc3ccc(C(F)(F)F)cc3C2)(C(O)CC2CC2)C1. The molecule has 0 aromatic heterocycles. The molecular formula is C28H43F3N2O3. The number of fused-ring (bicyclic) bond motifs is 1. The number of nitrogens with zero attached hydrogens (tertiary/aromatic N) is 1. The standard InChI is InChI=1S/C26H37F3N2O3.C2H6/c1-17(9-12-34-2)30-22-7-10-25(15-22,23(32)13-18-3-4-18)24(33)31-11-8-19-5-6-21(26(27,28)29)14-20(19)16-31;1-2/h5-6,14,17-18,22-23,30,32H,3-4,7-13,15-16H2,1-2H3;1-2H3. The van der Waals surface area contributed by atoms with Crippen LogP contribution in [0.15, 0.2) is 18.2 Å². The molecule has 5 nitrogen and oxygen atoms in total. The van der Waals surface area contributed by atoms with Crippen molar-refractivity contribution in [1.29, 1.82) is 0 Å². The van der Waals surface area contributed by atoms with Crippen molar-refractivity contribution < 1.29 is 27.8 Å². The number of methoxy groups -OCH3 is 1. The van der Waals surface area contributed by atoms with Crippen molar-refractivity contribution in [3.63, 3.8) is 0 Å². The van der Waals surface area contributed by atoms with E-state index < -0.39 is 23.3 Å². The molecule has 3 aliphatic rings. The third-order valence-corrected chi connectivity index (χ3v) is 7.98. The fraction of sp³-hybridized carbons (Fsp3) is 0.750. The minimum absolute atomic E-state index is 0.0995. The van der Waals surface area contributed by atoms with E-state index >= 15 is 0 Å². The smallest absolute Gasteiger partial charge is 0.392 e. The number of carbonyl (C=O) groups is 1. The number of amides is 1. The zero-order valence-corrected chi connectivity index (χ0v) is 22.2. The molecule has 2 saturated carbocycles. The van der Waals surface area contributed by atoms with Crippen molar-refractivity contribution in [1.82, 2.24) is 10.2 Å². The quantitative estimate of drug-likeness (QED) is 0.470. The first-order valence-corrected chi connectivity index (χ1v) is 13.5. The van der Waals surface area contributed by atoms with Gasteiger partial charge in [-0.25, -0.2) is 0 Å². The van der Waals surface area contributed by atoms with Crippen molar-refractivity contribution in [2.24, 2.45) is 11.3 Å². The topological polar surface area (TPSA) is 61.8 Å². The summed E-state index contributed by atoms with van der Waals surface area (Å²) in [7, 11) is 1.68. The number of halogens is 3. The zero-order valence-electron chi connectivity index (χ0n) is 22.2. The number of carbonyl (C=O) groups excluding carboxylic acids is 1. The van der Waals surface area contributed by atoms with Crippen molar-refractivity contribution in [2.75, 3.05) is 20.3 Å². The highest BCUT2D eigenvalue weighted by Crippen LogP contribution is 2.48. The Balaban J connectivity index is 0.00000176. The van der Waals surface area contributed by atoms with Gasteiger partial charge in [-0.05, 0) is 74.6 Å². The lowest BCUT2D eigenvalue weighted by Gasteiger charge is -2.40. The average molecular weight is 513 g/mol. The van der Waals surface area contributed by atoms with E-state index in [4.69, 9.17) is 4.74 Å². The average Bonchev–Trinajstić information content (AvgIpc) is 3.58. The van der Waals surface area contributed by atoms with Gasteiger partial charge in [-0.15, -0.1) is 0 Å². The number of aliphatic hydroxyl groups excluding tert-OH is 1. The minimum Gasteiger partial charge on any atom is -0.392 e. The maximum atomic E-state index is 14.0. The second-order valence-corrected chi connectivity index (χ2v) is 10.6. The first-order chi connectivity index (χ1) is 17.1. The number of hydrogen-bond acceptors (Lipinski definition) is 4. The third kappa shape index (κ3) is 6.81. The molecule has 0 bridgehead atoms. The summed E-state index contributed by atoms with van der Waals surface area (Å²) in [5.74, 6) is 0.376. The van der Waals surface area contributed by atoms with Gasteiger partial charge in [0.1, 0.15) is 0 Å². The number of alkyl halides is 3. The fourth-order valence-corrected chi connectivity index (χ4v) is 5.75. The molecule has 2 aliphatic carbocycles. The molecule has 1 aromatic rings. The normalized spacial score (nSPS) is 25.6. The molecule has 2 N–H and O–H groups in total. The molecule has 1 aromatic carbocycles. The van der Waals surface area contributed by atoms with Gasteiger partial charge in [0, 0.05) is 38.9 Å². The lowest BCUT2D eigenvalue weighted by molar-refractivity contribution is -0.151. The van der Waals surface area contributed by atoms with Gasteiger partial charge in [-0.3, -0.25) is 4.79 Å². The van der Waals surface area contributed by atoms with Gasteiger partial charge in [0.2, 0.25) is 5.91 Å². The van der Waals surface area contributed by atoms with E-state index in [9.17, 15) is 23.1 Å². The Morgan fingerprint density at radius 3 is 2.61 bits per heavy atom. The minimum atomic E-state index is -4.41. The number of rotatable bonds is 9. The first kappa shape index (κ1) is 28.9. The molecule has 0 radical (unpaired) electrons. The lowest BCUT2D eigenvalue weighted by atomic mass is 9.76. The molecular weight excluding hydrogens is 469 g/mol. The van der Waals surface area contributed by atoms with Crippen LogP contribution in [0.5, 0.6) is 0 Å². The summed E-state index contributed by atoms with van der Waals surface area (Å²) in [4.78, 5) is 15.6. The van der Waals surface area contributed by atoms with Crippen molar-refractivity contribution >= 4 is 5.91 Å². The molecule has 1 heterocycles. The van der Waals surface area contributed by atoms with Crippen LogP contribution in [0.3, 0.4) is 0 Å². The highest BCUT2D eigenvalue weighted by molar-refractivity contribution is 5.84. The maximum absolute atomic E-state index is 14.0. The molecule has 8 heteroatoms. The Morgan fingerprint density at radius 2 is 1.97 bits per heavy atom. The van der Waals surface area contributed by atoms with Gasteiger partial charge in [0.25, 0.3) is 0 Å². The number of aliphatic hydroxyl groups is 1. The largest absolute Gasteiger partial charge is 0.416 e. The number of ether oxygens (including phenoxy) is 1. The van der Waals surface area contributed by atoms with Crippen LogP contribution in [0, 0.1) is 11.3 Å². The van der Waals surface area contributed by atoms with E-state index in [2.05, 4.69) is 12.2 Å². The van der Waals surface area contributed by atoms with Crippen LogP contribution in [-0.4, -0.2) is 54.4 Å². The Kier molecular flexibility index (Phi) is 9.86. The zero-order chi connectivity index (χ0) is 26.5. The predicted molar refractivity (Wildman–Crippen MR) is 134 cm³/mol. The second kappa shape index (κ2) is 12.3. The van der Waals surface area contributed by atoms with Crippen LogP contribution < -0.4 is 5.32 Å². The molecule has 4 rings (SSSR count). The Bertz CT molecular complexity index is 874. The lowest BCUT2D eigenvalue weighted by Crippen LogP contribution is -2.51. The maximum Gasteiger partial charge on any atom is 0.416 e. The predicted octanol–water partition coefficient (Wildman–Crippen LogP) is 5.33. The number of nitrogens with one attached hydrogen (secondary N) is 1. The van der Waals surface area contributed by atoms with Gasteiger partial charge in [-0.1, -0.05) is 32.8 Å². The highest BCUT2D eigenvalue weighted by Gasteiger charge is 2.53. The fourth-order valence-electron chi connectivity index (χ4n) is 5.75. The van der Waals surface area contributed by atoms with Gasteiger partial charge in [-0.2, -0.15) is 13.2 Å². The first-order valence-electron chi connectivity index (χ1n) is 13.5. The second-order valence-electron chi connectivity index (χ2n) is 10.6. The van der Waals surface area contributed by atoms with E-state index in [0.29, 0.717) is 50.3 Å². The summed E-state index contributed by atoms with van der Waals surface area (Å²) in [6.45, 7) is 7.39. The molecule has 1 amide bonds. The Hall–Kier alpha value is -1.64. The van der Waals surface area contributed by atoms with Crippen molar-refractivity contribution in [3.05, 3.63) is 34.9 Å². The van der Waals surface area contributed by atoms with Gasteiger partial charge >= 0.3 is 6.18 Å². The summed E-state index contributed by atoms with van der Waals surface area (Å²) in [6, 6.07) is 4.19. The molecule has 36 heavy (non-hydrogen) atoms. The van der Waals surface area contributed by atoms with Crippen molar-refractivity contribution in [2.45, 2.75) is 103 Å². The number of benzene rings is 1.